The van der Waals surface area contributed by atoms with E-state index in [1.165, 1.54) is 5.69 Å². The number of nitrogens with one attached hydrogen (secondary N) is 1. The van der Waals surface area contributed by atoms with E-state index in [1.54, 1.807) is 0 Å². The van der Waals surface area contributed by atoms with E-state index < -0.39 is 0 Å². The van der Waals surface area contributed by atoms with Crippen molar-refractivity contribution in [3.05, 3.63) is 47.9 Å². The Morgan fingerprint density at radius 2 is 1.84 bits per heavy atom. The van der Waals surface area contributed by atoms with Crippen LogP contribution in [-0.2, 0) is 17.8 Å². The van der Waals surface area contributed by atoms with Gasteiger partial charge in [0.2, 0.25) is 5.91 Å². The van der Waals surface area contributed by atoms with Crippen molar-refractivity contribution in [1.82, 2.24) is 15.4 Å². The molecule has 1 aromatic carbocycles. The van der Waals surface area contributed by atoms with E-state index in [4.69, 9.17) is 4.52 Å². The van der Waals surface area contributed by atoms with Gasteiger partial charge in [-0.2, -0.15) is 0 Å². The summed E-state index contributed by atoms with van der Waals surface area (Å²) in [5.74, 6) is 1.58. The highest BCUT2D eigenvalue weighted by atomic mass is 16.5. The Labute approximate surface area is 192 Å². The molecular weight excluding hydrogens is 400 g/mol. The number of anilines is 1. The molecule has 2 heterocycles. The molecule has 0 radical (unpaired) electrons. The molecule has 1 aromatic heterocycles. The predicted octanol–water partition coefficient (Wildman–Crippen LogP) is 4.12. The quantitative estimate of drug-likeness (QED) is 0.735. The van der Waals surface area contributed by atoms with Gasteiger partial charge in [-0.3, -0.25) is 9.69 Å². The van der Waals surface area contributed by atoms with Crippen molar-refractivity contribution in [1.29, 1.82) is 0 Å². The summed E-state index contributed by atoms with van der Waals surface area (Å²) in [5, 5.41) is 7.60. The largest absolute Gasteiger partial charge is 0.369 e. The number of carbonyl (C=O) groups excluding carboxylic acids is 1. The highest BCUT2D eigenvalue weighted by molar-refractivity contribution is 5.81. The molecule has 1 aliphatic heterocycles. The number of hydrogen-bond donors (Lipinski definition) is 1. The van der Waals surface area contributed by atoms with Crippen LogP contribution in [0.1, 0.15) is 52.5 Å². The molecule has 6 heteroatoms. The molecule has 174 valence electrons. The van der Waals surface area contributed by atoms with Crippen LogP contribution >= 0.6 is 0 Å². The van der Waals surface area contributed by atoms with Crippen molar-refractivity contribution in [3.8, 4) is 0 Å². The Bertz CT molecular complexity index is 907. The van der Waals surface area contributed by atoms with E-state index in [0.717, 1.165) is 57.0 Å². The third-order valence-corrected chi connectivity index (χ3v) is 7.39. The number of nitrogens with zero attached hydrogens (tertiary/aromatic N) is 3. The number of rotatable bonds is 6. The van der Waals surface area contributed by atoms with Gasteiger partial charge in [0.05, 0.1) is 12.2 Å². The summed E-state index contributed by atoms with van der Waals surface area (Å²) < 4.78 is 5.68. The van der Waals surface area contributed by atoms with Gasteiger partial charge in [-0.25, -0.2) is 0 Å². The smallest absolute Gasteiger partial charge is 0.225 e. The molecule has 2 atom stereocenters. The highest BCUT2D eigenvalue weighted by Crippen LogP contribution is 2.48. The van der Waals surface area contributed by atoms with E-state index >= 15 is 0 Å². The standard InChI is InChI=1S/C26H38N4O2/c1-25(2,3)24(31)27-23-16-19(26(23,4)5)15-20-17-22(32-28-20)18-29-11-13-30(14-12-29)21-9-7-6-8-10-21/h6-10,17,19,23H,11-16,18H2,1-5H3,(H,27,31)/t19-,23+/m1/s1. The third-order valence-electron chi connectivity index (χ3n) is 7.39. The fraction of sp³-hybridized carbons (Fsp3) is 0.615. The molecule has 6 nitrogen and oxygen atoms in total. The molecule has 1 saturated heterocycles. The Morgan fingerprint density at radius 3 is 2.47 bits per heavy atom. The van der Waals surface area contributed by atoms with Gasteiger partial charge in [0.15, 0.2) is 5.76 Å². The van der Waals surface area contributed by atoms with Gasteiger partial charge in [-0.05, 0) is 36.3 Å². The molecule has 32 heavy (non-hydrogen) atoms. The maximum absolute atomic E-state index is 12.4. The molecule has 1 amide bonds. The Hall–Kier alpha value is -2.34. The number of piperazine rings is 1. The lowest BCUT2D eigenvalue weighted by molar-refractivity contribution is -0.133. The van der Waals surface area contributed by atoms with Crippen LogP contribution in [0.5, 0.6) is 0 Å². The summed E-state index contributed by atoms with van der Waals surface area (Å²) >= 11 is 0. The molecule has 4 rings (SSSR count). The highest BCUT2D eigenvalue weighted by Gasteiger charge is 2.49. The van der Waals surface area contributed by atoms with Crippen LogP contribution in [0.25, 0.3) is 0 Å². The molecule has 2 aromatic rings. The van der Waals surface area contributed by atoms with E-state index in [9.17, 15) is 4.79 Å². The Morgan fingerprint density at radius 1 is 1.16 bits per heavy atom. The van der Waals surface area contributed by atoms with Gasteiger partial charge in [-0.1, -0.05) is 58.0 Å². The number of para-hydroxylation sites is 1. The maximum Gasteiger partial charge on any atom is 0.225 e. The van der Waals surface area contributed by atoms with Crippen molar-refractivity contribution >= 4 is 11.6 Å². The van der Waals surface area contributed by atoms with E-state index in [2.05, 4.69) is 70.5 Å². The van der Waals surface area contributed by atoms with Gasteiger partial charge in [0, 0.05) is 49.4 Å². The van der Waals surface area contributed by atoms with Crippen LogP contribution < -0.4 is 10.2 Å². The summed E-state index contributed by atoms with van der Waals surface area (Å²) in [6, 6.07) is 13.0. The van der Waals surface area contributed by atoms with Gasteiger partial charge >= 0.3 is 0 Å². The van der Waals surface area contributed by atoms with Crippen LogP contribution in [0, 0.1) is 16.7 Å². The van der Waals surface area contributed by atoms with Crippen molar-refractivity contribution in [2.24, 2.45) is 16.7 Å². The van der Waals surface area contributed by atoms with E-state index in [1.807, 2.05) is 20.8 Å². The average Bonchev–Trinajstić information content (AvgIpc) is 3.20. The molecule has 0 bridgehead atoms. The van der Waals surface area contributed by atoms with Gasteiger partial charge in [-0.15, -0.1) is 0 Å². The van der Waals surface area contributed by atoms with Crippen LogP contribution in [0.4, 0.5) is 5.69 Å². The molecule has 0 unspecified atom stereocenters. The molecular formula is C26H38N4O2. The minimum absolute atomic E-state index is 0.0633. The van der Waals surface area contributed by atoms with Crippen molar-refractivity contribution in [3.63, 3.8) is 0 Å². The third kappa shape index (κ3) is 5.01. The van der Waals surface area contributed by atoms with Crippen molar-refractivity contribution in [2.75, 3.05) is 31.1 Å². The second-order valence-electron chi connectivity index (χ2n) is 11.1. The number of benzene rings is 1. The zero-order chi connectivity index (χ0) is 22.9. The lowest BCUT2D eigenvalue weighted by Gasteiger charge is -2.52. The molecule has 1 N–H and O–H groups in total. The second-order valence-corrected chi connectivity index (χ2v) is 11.1. The summed E-state index contributed by atoms with van der Waals surface area (Å²) in [7, 11) is 0. The predicted molar refractivity (Wildman–Crippen MR) is 127 cm³/mol. The van der Waals surface area contributed by atoms with Crippen molar-refractivity contribution < 1.29 is 9.32 Å². The number of amides is 1. The van der Waals surface area contributed by atoms with Crippen LogP contribution in [0.2, 0.25) is 0 Å². The average molecular weight is 439 g/mol. The van der Waals surface area contributed by atoms with E-state index in [0.29, 0.717) is 5.92 Å². The first-order valence-corrected chi connectivity index (χ1v) is 11.9. The SMILES string of the molecule is CC(C)(C)C(=O)N[C@H]1C[C@@H](Cc2cc(CN3CCN(c4ccccc4)CC3)on2)C1(C)C. The molecule has 1 aliphatic carbocycles. The Balaban J connectivity index is 1.25. The number of hydrogen-bond acceptors (Lipinski definition) is 5. The fourth-order valence-corrected chi connectivity index (χ4v) is 4.78. The summed E-state index contributed by atoms with van der Waals surface area (Å²) in [6.45, 7) is 15.3. The minimum atomic E-state index is -0.352. The lowest BCUT2D eigenvalue weighted by atomic mass is 9.57. The van der Waals surface area contributed by atoms with Crippen LogP contribution in [0.3, 0.4) is 0 Å². The summed E-state index contributed by atoms with van der Waals surface area (Å²) in [6.07, 6.45) is 1.90. The monoisotopic (exact) mass is 438 g/mol. The van der Waals surface area contributed by atoms with E-state index in [-0.39, 0.29) is 22.8 Å². The molecule has 1 saturated carbocycles. The normalized spacial score (nSPS) is 23.6. The topological polar surface area (TPSA) is 61.6 Å². The molecule has 2 aliphatic rings. The van der Waals surface area contributed by atoms with Gasteiger partial charge in [0.1, 0.15) is 0 Å². The van der Waals surface area contributed by atoms with Crippen molar-refractivity contribution in [2.45, 2.75) is 60.0 Å². The number of aromatic nitrogens is 1. The number of carbonyl (C=O) groups is 1. The van der Waals surface area contributed by atoms with Crippen LogP contribution in [-0.4, -0.2) is 48.2 Å². The zero-order valence-corrected chi connectivity index (χ0v) is 20.2. The second kappa shape index (κ2) is 8.89. The fourth-order valence-electron chi connectivity index (χ4n) is 4.78. The first-order chi connectivity index (χ1) is 15.1. The Kier molecular flexibility index (Phi) is 6.35. The molecule has 0 spiro atoms. The lowest BCUT2D eigenvalue weighted by Crippen LogP contribution is -2.60. The zero-order valence-electron chi connectivity index (χ0n) is 20.2. The summed E-state index contributed by atoms with van der Waals surface area (Å²) in [5.41, 5.74) is 2.04. The first-order valence-electron chi connectivity index (χ1n) is 11.9. The minimum Gasteiger partial charge on any atom is -0.369 e. The van der Waals surface area contributed by atoms with Crippen LogP contribution in [0.15, 0.2) is 40.9 Å². The summed E-state index contributed by atoms with van der Waals surface area (Å²) in [4.78, 5) is 17.2. The van der Waals surface area contributed by atoms with Gasteiger partial charge < -0.3 is 14.7 Å². The maximum atomic E-state index is 12.4. The molecule has 2 fully saturated rings. The first kappa shape index (κ1) is 22.8. The van der Waals surface area contributed by atoms with Gasteiger partial charge in [0.25, 0.3) is 0 Å².